The number of esters is 1. The van der Waals surface area contributed by atoms with Crippen molar-refractivity contribution in [3.63, 3.8) is 0 Å². The molecule has 3 heteroatoms. The summed E-state index contributed by atoms with van der Waals surface area (Å²) in [6.45, 7) is 7.46. The van der Waals surface area contributed by atoms with Gasteiger partial charge in [-0.25, -0.2) is 0 Å². The summed E-state index contributed by atoms with van der Waals surface area (Å²) in [5.41, 5.74) is 2.43. The van der Waals surface area contributed by atoms with Gasteiger partial charge < -0.3 is 9.47 Å². The van der Waals surface area contributed by atoms with Gasteiger partial charge in [0.25, 0.3) is 0 Å². The molecule has 0 aliphatic carbocycles. The average Bonchev–Trinajstić information content (AvgIpc) is 2.50. The number of rotatable bonds is 5. The van der Waals surface area contributed by atoms with Gasteiger partial charge in [0.15, 0.2) is 0 Å². The molecule has 3 atom stereocenters. The maximum Gasteiger partial charge on any atom is 0.306 e. The van der Waals surface area contributed by atoms with Crippen molar-refractivity contribution in [1.29, 1.82) is 0 Å². The van der Waals surface area contributed by atoms with Gasteiger partial charge in [-0.2, -0.15) is 0 Å². The minimum atomic E-state index is -0.112. The molecule has 2 rings (SSSR count). The van der Waals surface area contributed by atoms with Gasteiger partial charge in [-0.15, -0.1) is 0 Å². The first-order valence-electron chi connectivity index (χ1n) is 8.04. The average molecular weight is 302 g/mol. The molecule has 0 fully saturated rings. The SMILES string of the molecule is CC1=C[C@@H](C)[C@@H]([C@H](C)COCc2ccccc2)OC(=O)CC1. The molecule has 1 aliphatic rings. The molecule has 22 heavy (non-hydrogen) atoms. The van der Waals surface area contributed by atoms with E-state index in [1.54, 1.807) is 0 Å². The lowest BCUT2D eigenvalue weighted by molar-refractivity contribution is -0.155. The second kappa shape index (κ2) is 8.14. The van der Waals surface area contributed by atoms with Crippen molar-refractivity contribution >= 4 is 5.97 Å². The Morgan fingerprint density at radius 1 is 1.27 bits per heavy atom. The largest absolute Gasteiger partial charge is 0.461 e. The number of hydrogen-bond acceptors (Lipinski definition) is 3. The number of cyclic esters (lactones) is 1. The van der Waals surface area contributed by atoms with E-state index in [2.05, 4.69) is 39.0 Å². The number of carbonyl (C=O) groups is 1. The van der Waals surface area contributed by atoms with Crippen LogP contribution in [0.1, 0.15) is 39.2 Å². The monoisotopic (exact) mass is 302 g/mol. The molecule has 3 nitrogen and oxygen atoms in total. The molecule has 0 saturated carbocycles. The van der Waals surface area contributed by atoms with Crippen LogP contribution in [0, 0.1) is 11.8 Å². The first kappa shape index (κ1) is 16.8. The first-order chi connectivity index (χ1) is 10.6. The Balaban J connectivity index is 1.90. The van der Waals surface area contributed by atoms with Crippen LogP contribution in [-0.4, -0.2) is 18.7 Å². The molecule has 1 aliphatic heterocycles. The highest BCUT2D eigenvalue weighted by Crippen LogP contribution is 2.24. The standard InChI is InChI=1S/C19H26O3/c1-14-9-10-18(20)22-19(15(2)11-14)16(3)12-21-13-17-7-5-4-6-8-17/h4-8,11,15-16,19H,9-10,12-13H2,1-3H3/t15-,16-,19+/m1/s1. The van der Waals surface area contributed by atoms with Crippen LogP contribution in [0.2, 0.25) is 0 Å². The summed E-state index contributed by atoms with van der Waals surface area (Å²) in [5, 5.41) is 0. The van der Waals surface area contributed by atoms with Crippen LogP contribution in [0.5, 0.6) is 0 Å². The fourth-order valence-corrected chi connectivity index (χ4v) is 2.91. The third kappa shape index (κ3) is 4.99. The number of allylic oxidation sites excluding steroid dienone is 1. The molecular weight excluding hydrogens is 276 g/mol. The number of benzene rings is 1. The van der Waals surface area contributed by atoms with E-state index in [0.717, 1.165) is 12.0 Å². The van der Waals surface area contributed by atoms with Gasteiger partial charge in [-0.05, 0) is 18.9 Å². The van der Waals surface area contributed by atoms with Crippen LogP contribution in [0.3, 0.4) is 0 Å². The fourth-order valence-electron chi connectivity index (χ4n) is 2.91. The van der Waals surface area contributed by atoms with Crippen molar-refractivity contribution in [2.45, 2.75) is 46.3 Å². The minimum Gasteiger partial charge on any atom is -0.461 e. The van der Waals surface area contributed by atoms with E-state index in [4.69, 9.17) is 9.47 Å². The summed E-state index contributed by atoms with van der Waals surface area (Å²) in [4.78, 5) is 11.8. The summed E-state index contributed by atoms with van der Waals surface area (Å²) < 4.78 is 11.5. The fraction of sp³-hybridized carbons (Fsp3) is 0.526. The molecular formula is C19H26O3. The molecule has 0 unspecified atom stereocenters. The maximum absolute atomic E-state index is 11.8. The predicted molar refractivity (Wildman–Crippen MR) is 87.3 cm³/mol. The Bertz CT molecular complexity index is 507. The molecule has 1 heterocycles. The second-order valence-corrected chi connectivity index (χ2v) is 6.30. The van der Waals surface area contributed by atoms with Gasteiger partial charge in [-0.1, -0.05) is 55.8 Å². The summed E-state index contributed by atoms with van der Waals surface area (Å²) >= 11 is 0. The molecule has 1 aromatic carbocycles. The highest BCUT2D eigenvalue weighted by Gasteiger charge is 2.28. The van der Waals surface area contributed by atoms with Gasteiger partial charge in [0.2, 0.25) is 0 Å². The van der Waals surface area contributed by atoms with Crippen molar-refractivity contribution in [1.82, 2.24) is 0 Å². The lowest BCUT2D eigenvalue weighted by Gasteiger charge is -2.29. The van der Waals surface area contributed by atoms with Crippen LogP contribution in [0.15, 0.2) is 42.0 Å². The van der Waals surface area contributed by atoms with Gasteiger partial charge in [0.05, 0.1) is 13.2 Å². The van der Waals surface area contributed by atoms with Crippen LogP contribution < -0.4 is 0 Å². The van der Waals surface area contributed by atoms with E-state index < -0.39 is 0 Å². The van der Waals surface area contributed by atoms with Crippen molar-refractivity contribution in [3.05, 3.63) is 47.5 Å². The molecule has 0 aromatic heterocycles. The molecule has 0 N–H and O–H groups in total. The van der Waals surface area contributed by atoms with E-state index in [-0.39, 0.29) is 23.9 Å². The lowest BCUT2D eigenvalue weighted by atomic mass is 9.90. The van der Waals surface area contributed by atoms with Crippen LogP contribution in [0.4, 0.5) is 0 Å². The van der Waals surface area contributed by atoms with E-state index in [0.29, 0.717) is 19.6 Å². The van der Waals surface area contributed by atoms with Crippen LogP contribution in [-0.2, 0) is 20.9 Å². The highest BCUT2D eigenvalue weighted by atomic mass is 16.5. The third-order valence-corrected chi connectivity index (χ3v) is 4.11. The number of hydrogen-bond donors (Lipinski definition) is 0. The highest BCUT2D eigenvalue weighted by molar-refractivity contribution is 5.70. The van der Waals surface area contributed by atoms with Gasteiger partial charge in [-0.3, -0.25) is 4.79 Å². The van der Waals surface area contributed by atoms with Crippen LogP contribution in [0.25, 0.3) is 0 Å². The zero-order valence-electron chi connectivity index (χ0n) is 13.7. The Morgan fingerprint density at radius 3 is 2.73 bits per heavy atom. The third-order valence-electron chi connectivity index (χ3n) is 4.11. The maximum atomic E-state index is 11.8. The molecule has 0 bridgehead atoms. The topological polar surface area (TPSA) is 35.5 Å². The van der Waals surface area contributed by atoms with Crippen molar-refractivity contribution < 1.29 is 14.3 Å². The quantitative estimate of drug-likeness (QED) is 0.606. The summed E-state index contributed by atoms with van der Waals surface area (Å²) in [5.74, 6) is 0.295. The molecule has 0 amide bonds. The van der Waals surface area contributed by atoms with Crippen molar-refractivity contribution in [2.75, 3.05) is 6.61 Å². The lowest BCUT2D eigenvalue weighted by Crippen LogP contribution is -2.34. The zero-order valence-corrected chi connectivity index (χ0v) is 13.7. The zero-order chi connectivity index (χ0) is 15.9. The second-order valence-electron chi connectivity index (χ2n) is 6.30. The van der Waals surface area contributed by atoms with E-state index in [9.17, 15) is 4.79 Å². The Hall–Kier alpha value is -1.61. The first-order valence-corrected chi connectivity index (χ1v) is 8.04. The van der Waals surface area contributed by atoms with Gasteiger partial charge >= 0.3 is 5.97 Å². The molecule has 120 valence electrons. The van der Waals surface area contributed by atoms with E-state index >= 15 is 0 Å². The minimum absolute atomic E-state index is 0.0980. The van der Waals surface area contributed by atoms with E-state index in [1.165, 1.54) is 5.57 Å². The predicted octanol–water partition coefficient (Wildman–Crippen LogP) is 4.13. The van der Waals surface area contributed by atoms with Crippen molar-refractivity contribution in [2.24, 2.45) is 11.8 Å². The van der Waals surface area contributed by atoms with Crippen molar-refractivity contribution in [3.8, 4) is 0 Å². The molecule has 0 radical (unpaired) electrons. The smallest absolute Gasteiger partial charge is 0.306 e. The summed E-state index contributed by atoms with van der Waals surface area (Å²) in [6.07, 6.45) is 3.39. The van der Waals surface area contributed by atoms with Crippen LogP contribution >= 0.6 is 0 Å². The number of ether oxygens (including phenoxy) is 2. The Kier molecular flexibility index (Phi) is 6.20. The summed E-state index contributed by atoms with van der Waals surface area (Å²) in [7, 11) is 0. The Labute approximate surface area is 133 Å². The normalized spacial score (nSPS) is 24.0. The molecule has 1 aromatic rings. The van der Waals surface area contributed by atoms with E-state index in [1.807, 2.05) is 18.2 Å². The summed E-state index contributed by atoms with van der Waals surface area (Å²) in [6, 6.07) is 10.1. The molecule has 0 saturated heterocycles. The Morgan fingerprint density at radius 2 is 2.00 bits per heavy atom. The number of carbonyl (C=O) groups excluding carboxylic acids is 1. The van der Waals surface area contributed by atoms with Gasteiger partial charge in [0.1, 0.15) is 6.10 Å². The van der Waals surface area contributed by atoms with Gasteiger partial charge in [0, 0.05) is 18.3 Å². The molecule has 0 spiro atoms.